The molecule has 0 saturated heterocycles. The van der Waals surface area contributed by atoms with E-state index < -0.39 is 28.5 Å². The van der Waals surface area contributed by atoms with E-state index in [9.17, 15) is 18.0 Å². The van der Waals surface area contributed by atoms with Gasteiger partial charge in [-0.3, -0.25) is 13.9 Å². The molecule has 2 amide bonds. The number of hydrogen-bond acceptors (Lipinski definition) is 5. The number of rotatable bonds is 13. The first-order valence-corrected chi connectivity index (χ1v) is 15.5. The molecule has 8 nitrogen and oxygen atoms in total. The van der Waals surface area contributed by atoms with Crippen molar-refractivity contribution in [2.24, 2.45) is 0 Å². The van der Waals surface area contributed by atoms with Crippen LogP contribution >= 0.6 is 23.2 Å². The van der Waals surface area contributed by atoms with Gasteiger partial charge in [0, 0.05) is 17.6 Å². The quantitative estimate of drug-likeness (QED) is 0.256. The van der Waals surface area contributed by atoms with Crippen molar-refractivity contribution in [2.75, 3.05) is 18.0 Å². The Labute approximate surface area is 252 Å². The zero-order chi connectivity index (χ0) is 30.2. The molecule has 2 atom stereocenters. The Morgan fingerprint density at radius 2 is 1.61 bits per heavy atom. The molecule has 0 bridgehead atoms. The Balaban J connectivity index is 2.08. The first-order valence-electron chi connectivity index (χ1n) is 13.3. The predicted molar refractivity (Wildman–Crippen MR) is 163 cm³/mol. The summed E-state index contributed by atoms with van der Waals surface area (Å²) in [7, 11) is -2.70. The van der Waals surface area contributed by atoms with Crippen LogP contribution in [0.3, 0.4) is 0 Å². The fourth-order valence-electron chi connectivity index (χ4n) is 4.20. The lowest BCUT2D eigenvalue weighted by Crippen LogP contribution is -2.53. The zero-order valence-electron chi connectivity index (χ0n) is 23.5. The highest BCUT2D eigenvalue weighted by atomic mass is 35.5. The Morgan fingerprint density at radius 3 is 2.20 bits per heavy atom. The van der Waals surface area contributed by atoms with Crippen molar-refractivity contribution in [3.63, 3.8) is 0 Å². The predicted octanol–water partition coefficient (Wildman–Crippen LogP) is 5.92. The number of carbonyl (C=O) groups is 2. The summed E-state index contributed by atoms with van der Waals surface area (Å²) in [6.45, 7) is 5.10. The van der Waals surface area contributed by atoms with Crippen molar-refractivity contribution in [3.8, 4) is 5.75 Å². The van der Waals surface area contributed by atoms with E-state index in [0.717, 1.165) is 9.87 Å². The maximum absolute atomic E-state index is 14.1. The summed E-state index contributed by atoms with van der Waals surface area (Å²) in [6, 6.07) is 18.3. The van der Waals surface area contributed by atoms with Gasteiger partial charge in [-0.2, -0.15) is 0 Å². The van der Waals surface area contributed by atoms with Gasteiger partial charge < -0.3 is 15.0 Å². The molecule has 220 valence electrons. The summed E-state index contributed by atoms with van der Waals surface area (Å²) in [5.41, 5.74) is 0.796. The standard InChI is InChI=1S/C30H35Cl2N3O5S/c1-5-21(3)33-30(37)27(6-2)34(19-22-12-15-24(40-4)16-13-22)29(36)20-35(28-18-23(31)14-17-26(28)32)41(38,39)25-10-8-7-9-11-25/h7-18,21,27H,5-6,19-20H2,1-4H3,(H,33,37). The molecule has 3 aromatic rings. The number of benzene rings is 3. The Bertz CT molecular complexity index is 1440. The van der Waals surface area contributed by atoms with Crippen molar-refractivity contribution < 1.29 is 22.7 Å². The number of halogens is 2. The number of nitrogens with one attached hydrogen (secondary N) is 1. The van der Waals surface area contributed by atoms with Crippen LogP contribution in [-0.2, 0) is 26.2 Å². The van der Waals surface area contributed by atoms with E-state index in [1.165, 1.54) is 35.2 Å². The summed E-state index contributed by atoms with van der Waals surface area (Å²) in [6.07, 6.45) is 1.03. The highest BCUT2D eigenvalue weighted by Gasteiger charge is 2.34. The SMILES string of the molecule is CCC(C)NC(=O)C(CC)N(Cc1ccc(OC)cc1)C(=O)CN(c1cc(Cl)ccc1Cl)S(=O)(=O)c1ccccc1. The largest absolute Gasteiger partial charge is 0.497 e. The van der Waals surface area contributed by atoms with Gasteiger partial charge in [0.25, 0.3) is 10.0 Å². The van der Waals surface area contributed by atoms with Crippen LogP contribution in [0.5, 0.6) is 5.75 Å². The van der Waals surface area contributed by atoms with Crippen LogP contribution in [0.25, 0.3) is 0 Å². The molecular formula is C30H35Cl2N3O5S. The van der Waals surface area contributed by atoms with Crippen LogP contribution in [0.15, 0.2) is 77.7 Å². The third-order valence-corrected chi connectivity index (χ3v) is 9.01. The molecule has 0 aromatic heterocycles. The Morgan fingerprint density at radius 1 is 0.951 bits per heavy atom. The minimum absolute atomic E-state index is 0.0212. The monoisotopic (exact) mass is 619 g/mol. The Hall–Kier alpha value is -3.27. The lowest BCUT2D eigenvalue weighted by atomic mass is 10.1. The fraction of sp³-hybridized carbons (Fsp3) is 0.333. The van der Waals surface area contributed by atoms with Crippen LogP contribution in [0.1, 0.15) is 39.2 Å². The van der Waals surface area contributed by atoms with Crippen molar-refractivity contribution >= 4 is 50.7 Å². The molecule has 0 heterocycles. The van der Waals surface area contributed by atoms with Crippen LogP contribution in [0.2, 0.25) is 10.0 Å². The highest BCUT2D eigenvalue weighted by molar-refractivity contribution is 7.92. The van der Waals surface area contributed by atoms with Gasteiger partial charge in [0.2, 0.25) is 11.8 Å². The van der Waals surface area contributed by atoms with Gasteiger partial charge in [-0.25, -0.2) is 8.42 Å². The second-order valence-electron chi connectivity index (χ2n) is 9.53. The summed E-state index contributed by atoms with van der Waals surface area (Å²) in [5.74, 6) is -0.256. The molecule has 2 unspecified atom stereocenters. The van der Waals surface area contributed by atoms with Gasteiger partial charge in [0.15, 0.2) is 0 Å². The summed E-state index contributed by atoms with van der Waals surface area (Å²) in [5, 5.41) is 3.31. The van der Waals surface area contributed by atoms with E-state index >= 15 is 0 Å². The fourth-order valence-corrected chi connectivity index (χ4v) is 6.08. The van der Waals surface area contributed by atoms with E-state index in [4.69, 9.17) is 27.9 Å². The Kier molecular flexibility index (Phi) is 11.5. The maximum Gasteiger partial charge on any atom is 0.264 e. The molecule has 0 aliphatic heterocycles. The normalized spacial score (nSPS) is 12.7. The highest BCUT2D eigenvalue weighted by Crippen LogP contribution is 2.33. The van der Waals surface area contributed by atoms with Crippen molar-refractivity contribution in [1.82, 2.24) is 10.2 Å². The first-order chi connectivity index (χ1) is 19.5. The van der Waals surface area contributed by atoms with Crippen molar-refractivity contribution in [1.29, 1.82) is 0 Å². The van der Waals surface area contributed by atoms with Crippen LogP contribution in [0, 0.1) is 0 Å². The van der Waals surface area contributed by atoms with E-state index in [1.54, 1.807) is 49.6 Å². The third-order valence-electron chi connectivity index (χ3n) is 6.69. The van der Waals surface area contributed by atoms with Gasteiger partial charge in [-0.1, -0.05) is 67.4 Å². The maximum atomic E-state index is 14.1. The van der Waals surface area contributed by atoms with E-state index in [0.29, 0.717) is 18.6 Å². The molecule has 1 N–H and O–H groups in total. The topological polar surface area (TPSA) is 96.0 Å². The number of carbonyl (C=O) groups excluding carboxylic acids is 2. The number of methoxy groups -OCH3 is 1. The second-order valence-corrected chi connectivity index (χ2v) is 12.2. The lowest BCUT2D eigenvalue weighted by Gasteiger charge is -2.34. The van der Waals surface area contributed by atoms with Crippen molar-refractivity contribution in [2.45, 2.75) is 57.1 Å². The second kappa shape index (κ2) is 14.6. The molecule has 3 aromatic carbocycles. The van der Waals surface area contributed by atoms with Crippen molar-refractivity contribution in [3.05, 3.63) is 88.4 Å². The summed E-state index contributed by atoms with van der Waals surface area (Å²) >= 11 is 12.7. The number of hydrogen-bond donors (Lipinski definition) is 1. The molecule has 0 saturated carbocycles. The molecule has 3 rings (SSSR count). The van der Waals surface area contributed by atoms with Crippen LogP contribution < -0.4 is 14.4 Å². The zero-order valence-corrected chi connectivity index (χ0v) is 25.8. The molecule has 11 heteroatoms. The molecule has 41 heavy (non-hydrogen) atoms. The minimum atomic E-state index is -4.25. The molecule has 0 spiro atoms. The van der Waals surface area contributed by atoms with Gasteiger partial charge >= 0.3 is 0 Å². The summed E-state index contributed by atoms with van der Waals surface area (Å²) < 4.78 is 34.0. The smallest absolute Gasteiger partial charge is 0.264 e. The number of ether oxygens (including phenoxy) is 1. The van der Waals surface area contributed by atoms with E-state index in [2.05, 4.69) is 5.32 Å². The third kappa shape index (κ3) is 8.15. The molecule has 0 aliphatic carbocycles. The molecule has 0 radical (unpaired) electrons. The minimum Gasteiger partial charge on any atom is -0.497 e. The van der Waals surface area contributed by atoms with Crippen LogP contribution in [-0.4, -0.2) is 50.9 Å². The van der Waals surface area contributed by atoms with Gasteiger partial charge in [-0.05, 0) is 67.8 Å². The first kappa shape index (κ1) is 32.2. The summed E-state index contributed by atoms with van der Waals surface area (Å²) in [4.78, 5) is 28.9. The average Bonchev–Trinajstić information content (AvgIpc) is 2.97. The molecular weight excluding hydrogens is 585 g/mol. The lowest BCUT2D eigenvalue weighted by molar-refractivity contribution is -0.140. The van der Waals surface area contributed by atoms with E-state index in [-0.39, 0.29) is 39.1 Å². The number of sulfonamides is 1. The number of anilines is 1. The average molecular weight is 621 g/mol. The van der Waals surface area contributed by atoms with Gasteiger partial charge in [0.05, 0.1) is 22.7 Å². The van der Waals surface area contributed by atoms with Crippen LogP contribution in [0.4, 0.5) is 5.69 Å². The van der Waals surface area contributed by atoms with Gasteiger partial charge in [0.1, 0.15) is 18.3 Å². The number of nitrogens with zero attached hydrogens (tertiary/aromatic N) is 2. The molecule has 0 aliphatic rings. The number of amides is 2. The van der Waals surface area contributed by atoms with Gasteiger partial charge in [-0.15, -0.1) is 0 Å². The molecule has 0 fully saturated rings. The van der Waals surface area contributed by atoms with E-state index in [1.807, 2.05) is 20.8 Å².